The molecule has 0 amide bonds. The van der Waals surface area contributed by atoms with E-state index in [0.717, 1.165) is 22.9 Å². The number of hydrogen-bond donors (Lipinski definition) is 2. The van der Waals surface area contributed by atoms with Crippen molar-refractivity contribution >= 4 is 11.6 Å². The van der Waals surface area contributed by atoms with E-state index in [1.54, 1.807) is 12.5 Å². The monoisotopic (exact) mass is 232 g/mol. The summed E-state index contributed by atoms with van der Waals surface area (Å²) in [5.41, 5.74) is 2.12. The quantitative estimate of drug-likeness (QED) is 0.828. The van der Waals surface area contributed by atoms with Gasteiger partial charge in [-0.3, -0.25) is 4.68 Å². The average molecular weight is 232 g/mol. The molecule has 2 rings (SSSR count). The molecule has 0 atom stereocenters. The van der Waals surface area contributed by atoms with Crippen molar-refractivity contribution in [2.75, 3.05) is 17.7 Å². The normalized spacial score (nSPS) is 10.3. The molecule has 6 nitrogen and oxygen atoms in total. The summed E-state index contributed by atoms with van der Waals surface area (Å²) in [6.07, 6.45) is 3.33. The van der Waals surface area contributed by atoms with Crippen LogP contribution in [0.1, 0.15) is 11.3 Å². The molecule has 0 aliphatic heterocycles. The summed E-state index contributed by atoms with van der Waals surface area (Å²) in [6, 6.07) is 1.97. The molecule has 90 valence electrons. The highest BCUT2D eigenvalue weighted by molar-refractivity contribution is 5.56. The van der Waals surface area contributed by atoms with Crippen molar-refractivity contribution in [2.24, 2.45) is 7.05 Å². The van der Waals surface area contributed by atoms with E-state index in [9.17, 15) is 0 Å². The Kier molecular flexibility index (Phi) is 3.22. The highest BCUT2D eigenvalue weighted by Gasteiger charge is 2.06. The number of anilines is 2. The molecule has 6 heteroatoms. The Morgan fingerprint density at radius 3 is 2.71 bits per heavy atom. The molecule has 0 aromatic carbocycles. The summed E-state index contributed by atoms with van der Waals surface area (Å²) in [7, 11) is 3.77. The third-order valence-corrected chi connectivity index (χ3v) is 2.68. The van der Waals surface area contributed by atoms with Gasteiger partial charge in [0, 0.05) is 25.9 Å². The largest absolute Gasteiger partial charge is 0.373 e. The second kappa shape index (κ2) is 4.82. The molecule has 0 spiro atoms. The topological polar surface area (TPSA) is 67.7 Å². The minimum atomic E-state index is 0.692. The zero-order valence-electron chi connectivity index (χ0n) is 10.2. The predicted octanol–water partition coefficient (Wildman–Crippen LogP) is 1.17. The van der Waals surface area contributed by atoms with Gasteiger partial charge in [0.1, 0.15) is 18.0 Å². The van der Waals surface area contributed by atoms with Gasteiger partial charge in [-0.05, 0) is 13.0 Å². The first-order chi connectivity index (χ1) is 8.22. The Labute approximate surface area is 100 Å². The van der Waals surface area contributed by atoms with E-state index in [0.29, 0.717) is 6.54 Å². The molecule has 2 aromatic heterocycles. The summed E-state index contributed by atoms with van der Waals surface area (Å²) in [5, 5.41) is 10.4. The van der Waals surface area contributed by atoms with E-state index in [1.807, 2.05) is 31.8 Å². The van der Waals surface area contributed by atoms with Gasteiger partial charge in [0.2, 0.25) is 0 Å². The molecule has 0 bridgehead atoms. The van der Waals surface area contributed by atoms with E-state index in [4.69, 9.17) is 0 Å². The lowest BCUT2D eigenvalue weighted by atomic mass is 10.3. The third-order valence-electron chi connectivity index (χ3n) is 2.68. The van der Waals surface area contributed by atoms with Crippen molar-refractivity contribution < 1.29 is 0 Å². The molecule has 0 saturated carbocycles. The standard InChI is InChI=1S/C11H16N6/c1-8-10(12-2)14-7-15-11(8)13-6-9-4-5-16-17(9)3/h4-5,7H,6H2,1-3H3,(H2,12,13,14,15). The van der Waals surface area contributed by atoms with Crippen LogP contribution >= 0.6 is 0 Å². The molecule has 0 radical (unpaired) electrons. The number of nitrogens with one attached hydrogen (secondary N) is 2. The fourth-order valence-corrected chi connectivity index (χ4v) is 1.63. The van der Waals surface area contributed by atoms with Crippen LogP contribution in [0, 0.1) is 6.92 Å². The zero-order chi connectivity index (χ0) is 12.3. The molecule has 0 saturated heterocycles. The summed E-state index contributed by atoms with van der Waals surface area (Å²) in [4.78, 5) is 8.36. The zero-order valence-corrected chi connectivity index (χ0v) is 10.2. The van der Waals surface area contributed by atoms with Crippen LogP contribution in [-0.4, -0.2) is 26.8 Å². The van der Waals surface area contributed by atoms with E-state index < -0.39 is 0 Å². The van der Waals surface area contributed by atoms with E-state index in [2.05, 4.69) is 25.7 Å². The summed E-state index contributed by atoms with van der Waals surface area (Å²) in [5.74, 6) is 1.68. The number of aromatic nitrogens is 4. The Morgan fingerprint density at radius 1 is 1.29 bits per heavy atom. The first-order valence-electron chi connectivity index (χ1n) is 5.42. The Morgan fingerprint density at radius 2 is 2.06 bits per heavy atom. The minimum absolute atomic E-state index is 0.692. The Hall–Kier alpha value is -2.11. The lowest BCUT2D eigenvalue weighted by Crippen LogP contribution is -2.09. The number of rotatable bonds is 4. The van der Waals surface area contributed by atoms with Crippen LogP contribution in [0.2, 0.25) is 0 Å². The smallest absolute Gasteiger partial charge is 0.134 e. The van der Waals surface area contributed by atoms with Crippen LogP contribution < -0.4 is 10.6 Å². The molecule has 0 unspecified atom stereocenters. The van der Waals surface area contributed by atoms with Crippen molar-refractivity contribution in [2.45, 2.75) is 13.5 Å². The first kappa shape index (κ1) is 11.4. The van der Waals surface area contributed by atoms with Crippen LogP contribution in [0.3, 0.4) is 0 Å². The van der Waals surface area contributed by atoms with Gasteiger partial charge in [-0.1, -0.05) is 0 Å². The summed E-state index contributed by atoms with van der Waals surface area (Å²) < 4.78 is 1.84. The molecular formula is C11H16N6. The van der Waals surface area contributed by atoms with Gasteiger partial charge in [0.25, 0.3) is 0 Å². The first-order valence-corrected chi connectivity index (χ1v) is 5.42. The van der Waals surface area contributed by atoms with Crippen molar-refractivity contribution in [3.8, 4) is 0 Å². The molecule has 2 N–H and O–H groups in total. The Bertz CT molecular complexity index is 504. The summed E-state index contributed by atoms with van der Waals surface area (Å²) >= 11 is 0. The van der Waals surface area contributed by atoms with E-state index >= 15 is 0 Å². The van der Waals surface area contributed by atoms with E-state index in [-0.39, 0.29) is 0 Å². The number of aryl methyl sites for hydroxylation is 1. The highest BCUT2D eigenvalue weighted by atomic mass is 15.3. The second-order valence-corrected chi connectivity index (χ2v) is 3.75. The molecule has 0 fully saturated rings. The van der Waals surface area contributed by atoms with Crippen molar-refractivity contribution in [1.29, 1.82) is 0 Å². The van der Waals surface area contributed by atoms with Gasteiger partial charge < -0.3 is 10.6 Å². The molecule has 2 aromatic rings. The predicted molar refractivity (Wildman–Crippen MR) is 66.9 cm³/mol. The third kappa shape index (κ3) is 2.35. The van der Waals surface area contributed by atoms with Crippen molar-refractivity contribution in [3.05, 3.63) is 29.8 Å². The molecule has 0 aliphatic rings. The van der Waals surface area contributed by atoms with Gasteiger partial charge in [0.15, 0.2) is 0 Å². The van der Waals surface area contributed by atoms with Crippen LogP contribution in [0.5, 0.6) is 0 Å². The van der Waals surface area contributed by atoms with Gasteiger partial charge >= 0.3 is 0 Å². The fourth-order valence-electron chi connectivity index (χ4n) is 1.63. The molecule has 17 heavy (non-hydrogen) atoms. The highest BCUT2D eigenvalue weighted by Crippen LogP contribution is 2.17. The van der Waals surface area contributed by atoms with Crippen LogP contribution in [-0.2, 0) is 13.6 Å². The number of hydrogen-bond acceptors (Lipinski definition) is 5. The summed E-state index contributed by atoms with van der Waals surface area (Å²) in [6.45, 7) is 2.68. The Balaban J connectivity index is 2.12. The second-order valence-electron chi connectivity index (χ2n) is 3.75. The maximum absolute atomic E-state index is 4.22. The molecular weight excluding hydrogens is 216 g/mol. The lowest BCUT2D eigenvalue weighted by Gasteiger charge is -2.10. The van der Waals surface area contributed by atoms with Crippen LogP contribution in [0.4, 0.5) is 11.6 Å². The van der Waals surface area contributed by atoms with Crippen LogP contribution in [0.25, 0.3) is 0 Å². The SMILES string of the molecule is CNc1ncnc(NCc2ccnn2C)c1C. The maximum Gasteiger partial charge on any atom is 0.134 e. The van der Waals surface area contributed by atoms with Gasteiger partial charge in [-0.25, -0.2) is 9.97 Å². The fraction of sp³-hybridized carbons (Fsp3) is 0.364. The molecule has 2 heterocycles. The molecule has 0 aliphatic carbocycles. The van der Waals surface area contributed by atoms with Crippen molar-refractivity contribution in [3.63, 3.8) is 0 Å². The van der Waals surface area contributed by atoms with Gasteiger partial charge in [0.05, 0.1) is 12.2 Å². The maximum atomic E-state index is 4.22. The van der Waals surface area contributed by atoms with E-state index in [1.165, 1.54) is 0 Å². The lowest BCUT2D eigenvalue weighted by molar-refractivity contribution is 0.719. The van der Waals surface area contributed by atoms with Crippen molar-refractivity contribution in [1.82, 2.24) is 19.7 Å². The van der Waals surface area contributed by atoms with Crippen LogP contribution in [0.15, 0.2) is 18.6 Å². The van der Waals surface area contributed by atoms with Gasteiger partial charge in [-0.2, -0.15) is 5.10 Å². The van der Waals surface area contributed by atoms with Gasteiger partial charge in [-0.15, -0.1) is 0 Å². The average Bonchev–Trinajstić information content (AvgIpc) is 2.74. The number of nitrogens with zero attached hydrogens (tertiary/aromatic N) is 4. The minimum Gasteiger partial charge on any atom is -0.373 e.